The molecule has 1 saturated heterocycles. The Morgan fingerprint density at radius 3 is 2.52 bits per heavy atom. The first-order chi connectivity index (χ1) is 16.0. The summed E-state index contributed by atoms with van der Waals surface area (Å²) in [4.78, 5) is 32.4. The number of carbonyl (C=O) groups is 2. The van der Waals surface area contributed by atoms with Gasteiger partial charge in [0, 0.05) is 49.0 Å². The SMILES string of the molecule is Cc1ccccc1C(=O)Nc1ccc(N2CCC(C)CC2)c(C(=O)NCc2cccnc2)c1. The molecule has 1 aromatic heterocycles. The summed E-state index contributed by atoms with van der Waals surface area (Å²) in [5.74, 6) is 0.339. The topological polar surface area (TPSA) is 74.3 Å². The molecule has 2 heterocycles. The summed E-state index contributed by atoms with van der Waals surface area (Å²) in [6.07, 6.45) is 5.65. The van der Waals surface area contributed by atoms with Gasteiger partial charge in [0.25, 0.3) is 11.8 Å². The van der Waals surface area contributed by atoms with Gasteiger partial charge >= 0.3 is 0 Å². The maximum absolute atomic E-state index is 13.2. The Labute approximate surface area is 195 Å². The fourth-order valence-corrected chi connectivity index (χ4v) is 4.13. The normalized spacial score (nSPS) is 14.1. The summed E-state index contributed by atoms with van der Waals surface area (Å²) >= 11 is 0. The van der Waals surface area contributed by atoms with Crippen LogP contribution in [0, 0.1) is 12.8 Å². The van der Waals surface area contributed by atoms with E-state index in [2.05, 4.69) is 27.4 Å². The van der Waals surface area contributed by atoms with Gasteiger partial charge in [0.1, 0.15) is 0 Å². The molecule has 6 heteroatoms. The smallest absolute Gasteiger partial charge is 0.255 e. The molecule has 1 aliphatic heterocycles. The molecule has 1 fully saturated rings. The van der Waals surface area contributed by atoms with Gasteiger partial charge in [-0.05, 0) is 67.1 Å². The number of piperidine rings is 1. The molecule has 0 atom stereocenters. The minimum atomic E-state index is -0.186. The first-order valence-electron chi connectivity index (χ1n) is 11.4. The van der Waals surface area contributed by atoms with Crippen molar-refractivity contribution in [3.63, 3.8) is 0 Å². The molecule has 0 spiro atoms. The number of hydrogen-bond acceptors (Lipinski definition) is 4. The standard InChI is InChI=1S/C27H30N4O2/c1-19-11-14-31(15-12-19)25-10-9-22(30-27(33)23-8-4-3-6-20(23)2)16-24(25)26(32)29-18-21-7-5-13-28-17-21/h3-10,13,16-17,19H,11-12,14-15,18H2,1-2H3,(H,29,32)(H,30,33). The predicted molar refractivity (Wildman–Crippen MR) is 132 cm³/mol. The Kier molecular flexibility index (Phi) is 7.03. The molecule has 2 N–H and O–H groups in total. The molecular weight excluding hydrogens is 412 g/mol. The molecule has 170 valence electrons. The van der Waals surface area contributed by atoms with Gasteiger partial charge in [0.15, 0.2) is 0 Å². The van der Waals surface area contributed by atoms with Crippen LogP contribution in [0.5, 0.6) is 0 Å². The van der Waals surface area contributed by atoms with E-state index in [-0.39, 0.29) is 11.8 Å². The van der Waals surface area contributed by atoms with Crippen LogP contribution >= 0.6 is 0 Å². The van der Waals surface area contributed by atoms with E-state index in [4.69, 9.17) is 0 Å². The summed E-state index contributed by atoms with van der Waals surface area (Å²) in [6.45, 7) is 6.40. The maximum Gasteiger partial charge on any atom is 0.255 e. The van der Waals surface area contributed by atoms with E-state index in [0.29, 0.717) is 29.3 Å². The summed E-state index contributed by atoms with van der Waals surface area (Å²) in [7, 11) is 0. The summed E-state index contributed by atoms with van der Waals surface area (Å²) in [5, 5.41) is 5.96. The average Bonchev–Trinajstić information content (AvgIpc) is 2.84. The second-order valence-corrected chi connectivity index (χ2v) is 8.71. The number of aromatic nitrogens is 1. The third-order valence-electron chi connectivity index (χ3n) is 6.19. The van der Waals surface area contributed by atoms with E-state index < -0.39 is 0 Å². The van der Waals surface area contributed by atoms with Crippen LogP contribution in [0.25, 0.3) is 0 Å². The zero-order valence-electron chi connectivity index (χ0n) is 19.2. The Balaban J connectivity index is 1.58. The third-order valence-corrected chi connectivity index (χ3v) is 6.19. The minimum absolute atomic E-state index is 0.167. The van der Waals surface area contributed by atoms with Crippen molar-refractivity contribution in [3.05, 3.63) is 89.2 Å². The zero-order chi connectivity index (χ0) is 23.2. The lowest BCUT2D eigenvalue weighted by Crippen LogP contribution is -2.35. The Hall–Kier alpha value is -3.67. The number of hydrogen-bond donors (Lipinski definition) is 2. The van der Waals surface area contributed by atoms with Crippen LogP contribution in [0.15, 0.2) is 67.0 Å². The molecule has 0 bridgehead atoms. The van der Waals surface area contributed by atoms with Crippen LogP contribution in [-0.2, 0) is 6.54 Å². The first kappa shape index (κ1) is 22.5. The predicted octanol–water partition coefficient (Wildman–Crippen LogP) is 4.81. The van der Waals surface area contributed by atoms with Gasteiger partial charge in [-0.3, -0.25) is 14.6 Å². The van der Waals surface area contributed by atoms with Gasteiger partial charge in [-0.1, -0.05) is 31.2 Å². The number of amides is 2. The highest BCUT2D eigenvalue weighted by molar-refractivity contribution is 6.07. The molecule has 4 rings (SSSR count). The van der Waals surface area contributed by atoms with Crippen molar-refractivity contribution in [1.82, 2.24) is 10.3 Å². The number of nitrogens with one attached hydrogen (secondary N) is 2. The number of nitrogens with zero attached hydrogens (tertiary/aromatic N) is 2. The zero-order valence-corrected chi connectivity index (χ0v) is 19.2. The molecule has 0 radical (unpaired) electrons. The van der Waals surface area contributed by atoms with E-state index in [1.54, 1.807) is 24.5 Å². The second kappa shape index (κ2) is 10.3. The third kappa shape index (κ3) is 5.58. The van der Waals surface area contributed by atoms with Gasteiger partial charge in [-0.2, -0.15) is 0 Å². The van der Waals surface area contributed by atoms with Crippen molar-refractivity contribution in [2.45, 2.75) is 33.2 Å². The lowest BCUT2D eigenvalue weighted by atomic mass is 9.97. The lowest BCUT2D eigenvalue weighted by molar-refractivity contribution is 0.0950. The van der Waals surface area contributed by atoms with E-state index >= 15 is 0 Å². The van der Waals surface area contributed by atoms with Crippen molar-refractivity contribution in [3.8, 4) is 0 Å². The highest BCUT2D eigenvalue weighted by Gasteiger charge is 2.22. The molecule has 0 aliphatic carbocycles. The van der Waals surface area contributed by atoms with Crippen LogP contribution in [-0.4, -0.2) is 29.9 Å². The molecule has 2 aromatic carbocycles. The quantitative estimate of drug-likeness (QED) is 0.575. The molecule has 3 aromatic rings. The fraction of sp³-hybridized carbons (Fsp3) is 0.296. The van der Waals surface area contributed by atoms with E-state index in [1.807, 2.05) is 49.4 Å². The van der Waals surface area contributed by atoms with Gasteiger partial charge in [0.2, 0.25) is 0 Å². The van der Waals surface area contributed by atoms with E-state index in [1.165, 1.54) is 0 Å². The molecule has 1 aliphatic rings. The highest BCUT2D eigenvalue weighted by atomic mass is 16.2. The number of benzene rings is 2. The molecule has 0 saturated carbocycles. The summed E-state index contributed by atoms with van der Waals surface area (Å²) in [6, 6.07) is 16.8. The fourth-order valence-electron chi connectivity index (χ4n) is 4.13. The van der Waals surface area contributed by atoms with Crippen molar-refractivity contribution >= 4 is 23.2 Å². The first-order valence-corrected chi connectivity index (χ1v) is 11.4. The number of pyridine rings is 1. The number of aryl methyl sites for hydroxylation is 1. The van der Waals surface area contributed by atoms with E-state index in [0.717, 1.165) is 42.7 Å². The van der Waals surface area contributed by atoms with Crippen LogP contribution in [0.4, 0.5) is 11.4 Å². The van der Waals surface area contributed by atoms with Gasteiger partial charge in [0.05, 0.1) is 5.56 Å². The van der Waals surface area contributed by atoms with Gasteiger partial charge in [-0.15, -0.1) is 0 Å². The number of rotatable bonds is 6. The molecular formula is C27H30N4O2. The second-order valence-electron chi connectivity index (χ2n) is 8.71. The summed E-state index contributed by atoms with van der Waals surface area (Å²) in [5.41, 5.74) is 4.53. The van der Waals surface area contributed by atoms with Gasteiger partial charge < -0.3 is 15.5 Å². The Bertz CT molecular complexity index is 1120. The average molecular weight is 443 g/mol. The van der Waals surface area contributed by atoms with Crippen molar-refractivity contribution < 1.29 is 9.59 Å². The Morgan fingerprint density at radius 1 is 1.00 bits per heavy atom. The van der Waals surface area contributed by atoms with Crippen LogP contribution in [0.1, 0.15) is 51.6 Å². The number of anilines is 2. The van der Waals surface area contributed by atoms with E-state index in [9.17, 15) is 9.59 Å². The number of carbonyl (C=O) groups excluding carboxylic acids is 2. The minimum Gasteiger partial charge on any atom is -0.371 e. The van der Waals surface area contributed by atoms with Crippen LogP contribution < -0.4 is 15.5 Å². The Morgan fingerprint density at radius 2 is 1.79 bits per heavy atom. The summed E-state index contributed by atoms with van der Waals surface area (Å²) < 4.78 is 0. The molecule has 6 nitrogen and oxygen atoms in total. The monoisotopic (exact) mass is 442 g/mol. The lowest BCUT2D eigenvalue weighted by Gasteiger charge is -2.33. The molecule has 33 heavy (non-hydrogen) atoms. The molecule has 2 amide bonds. The largest absolute Gasteiger partial charge is 0.371 e. The van der Waals surface area contributed by atoms with Crippen molar-refractivity contribution in [2.75, 3.05) is 23.3 Å². The molecule has 0 unspecified atom stereocenters. The maximum atomic E-state index is 13.2. The van der Waals surface area contributed by atoms with Crippen LogP contribution in [0.3, 0.4) is 0 Å². The van der Waals surface area contributed by atoms with Gasteiger partial charge in [-0.25, -0.2) is 0 Å². The highest BCUT2D eigenvalue weighted by Crippen LogP contribution is 2.29. The van der Waals surface area contributed by atoms with Crippen molar-refractivity contribution in [1.29, 1.82) is 0 Å². The van der Waals surface area contributed by atoms with Crippen molar-refractivity contribution in [2.24, 2.45) is 5.92 Å². The van der Waals surface area contributed by atoms with Crippen LogP contribution in [0.2, 0.25) is 0 Å².